The standard InChI is InChI=1S/C23H29N5O2S/c1-3-18-6-8-19(9-7-18)24-21(29)16-31-23-26-25-22(27-12-10-17(2)11-13-27)28(23)15-20-5-4-14-30-20/h4-9,14,17H,3,10-13,15-16H2,1-2H3,(H,24,29). The Kier molecular flexibility index (Phi) is 6.96. The van der Waals surface area contributed by atoms with E-state index in [1.165, 1.54) is 17.3 Å². The maximum Gasteiger partial charge on any atom is 0.234 e. The largest absolute Gasteiger partial charge is 0.467 e. The van der Waals surface area contributed by atoms with Gasteiger partial charge >= 0.3 is 0 Å². The van der Waals surface area contributed by atoms with Crippen LogP contribution in [0, 0.1) is 5.92 Å². The van der Waals surface area contributed by atoms with E-state index >= 15 is 0 Å². The van der Waals surface area contributed by atoms with Crippen molar-refractivity contribution in [1.29, 1.82) is 0 Å². The van der Waals surface area contributed by atoms with Crippen LogP contribution in [-0.4, -0.2) is 39.5 Å². The summed E-state index contributed by atoms with van der Waals surface area (Å²) in [6.07, 6.45) is 4.95. The van der Waals surface area contributed by atoms with Crippen LogP contribution in [-0.2, 0) is 17.8 Å². The lowest BCUT2D eigenvalue weighted by Gasteiger charge is -2.31. The van der Waals surface area contributed by atoms with Crippen LogP contribution in [0.2, 0.25) is 0 Å². The zero-order chi connectivity index (χ0) is 21.6. The first-order chi connectivity index (χ1) is 15.1. The van der Waals surface area contributed by atoms with Crippen molar-refractivity contribution in [2.45, 2.75) is 44.8 Å². The van der Waals surface area contributed by atoms with E-state index in [2.05, 4.69) is 38.8 Å². The number of hydrogen-bond acceptors (Lipinski definition) is 6. The molecule has 0 radical (unpaired) electrons. The van der Waals surface area contributed by atoms with Gasteiger partial charge in [0.15, 0.2) is 5.16 Å². The number of piperidine rings is 1. The number of anilines is 2. The maximum atomic E-state index is 12.5. The number of nitrogens with zero attached hydrogens (tertiary/aromatic N) is 4. The Morgan fingerprint density at radius 3 is 2.65 bits per heavy atom. The Morgan fingerprint density at radius 1 is 1.19 bits per heavy atom. The second-order valence-electron chi connectivity index (χ2n) is 8.00. The summed E-state index contributed by atoms with van der Waals surface area (Å²) in [6.45, 7) is 6.89. The zero-order valence-corrected chi connectivity index (χ0v) is 18.9. The number of carbonyl (C=O) groups is 1. The molecule has 0 unspecified atom stereocenters. The van der Waals surface area contributed by atoms with Gasteiger partial charge in [-0.25, -0.2) is 0 Å². The molecule has 8 heteroatoms. The summed E-state index contributed by atoms with van der Waals surface area (Å²) in [6, 6.07) is 11.8. The average Bonchev–Trinajstić information content (AvgIpc) is 3.44. The lowest BCUT2D eigenvalue weighted by molar-refractivity contribution is -0.113. The van der Waals surface area contributed by atoms with E-state index in [-0.39, 0.29) is 11.7 Å². The Morgan fingerprint density at radius 2 is 1.97 bits per heavy atom. The summed E-state index contributed by atoms with van der Waals surface area (Å²) in [5, 5.41) is 12.6. The molecule has 2 aromatic heterocycles. The second kappa shape index (κ2) is 10.0. The number of hydrogen-bond donors (Lipinski definition) is 1. The molecule has 3 aromatic rings. The van der Waals surface area contributed by atoms with E-state index in [0.717, 1.165) is 60.8 Å². The molecule has 0 atom stereocenters. The molecule has 1 aromatic carbocycles. The molecule has 31 heavy (non-hydrogen) atoms. The lowest BCUT2D eigenvalue weighted by Crippen LogP contribution is -2.35. The monoisotopic (exact) mass is 439 g/mol. The van der Waals surface area contributed by atoms with Crippen LogP contribution in [0.15, 0.2) is 52.2 Å². The Bertz CT molecular complexity index is 976. The van der Waals surface area contributed by atoms with Gasteiger partial charge in [-0.3, -0.25) is 9.36 Å². The highest BCUT2D eigenvalue weighted by Gasteiger charge is 2.23. The molecule has 1 aliphatic rings. The highest BCUT2D eigenvalue weighted by Crippen LogP contribution is 2.27. The molecule has 1 N–H and O–H groups in total. The fourth-order valence-corrected chi connectivity index (χ4v) is 4.41. The third-order valence-electron chi connectivity index (χ3n) is 5.64. The van der Waals surface area contributed by atoms with Crippen LogP contribution in [0.4, 0.5) is 11.6 Å². The predicted octanol–water partition coefficient (Wildman–Crippen LogP) is 4.45. The van der Waals surface area contributed by atoms with Gasteiger partial charge < -0.3 is 14.6 Å². The summed E-state index contributed by atoms with van der Waals surface area (Å²) in [4.78, 5) is 14.8. The van der Waals surface area contributed by atoms with Gasteiger partial charge in [-0.1, -0.05) is 37.7 Å². The maximum absolute atomic E-state index is 12.5. The first kappa shape index (κ1) is 21.5. The van der Waals surface area contributed by atoms with Crippen molar-refractivity contribution in [3.8, 4) is 0 Å². The van der Waals surface area contributed by atoms with Crippen LogP contribution in [0.25, 0.3) is 0 Å². The first-order valence-electron chi connectivity index (χ1n) is 10.8. The molecule has 1 amide bonds. The van der Waals surface area contributed by atoms with Crippen LogP contribution in [0.5, 0.6) is 0 Å². The molecule has 0 bridgehead atoms. The van der Waals surface area contributed by atoms with E-state index in [0.29, 0.717) is 6.54 Å². The van der Waals surface area contributed by atoms with E-state index < -0.39 is 0 Å². The number of thioether (sulfide) groups is 1. The number of nitrogens with one attached hydrogen (secondary N) is 1. The van der Waals surface area contributed by atoms with Gasteiger partial charge in [0.25, 0.3) is 0 Å². The number of benzene rings is 1. The van der Waals surface area contributed by atoms with Gasteiger partial charge in [0.1, 0.15) is 5.76 Å². The number of aromatic nitrogens is 3. The van der Waals surface area contributed by atoms with Crippen molar-refractivity contribution < 1.29 is 9.21 Å². The Balaban J connectivity index is 1.44. The third kappa shape index (κ3) is 5.50. The minimum Gasteiger partial charge on any atom is -0.467 e. The number of rotatable bonds is 8. The van der Waals surface area contributed by atoms with Crippen molar-refractivity contribution in [2.75, 3.05) is 29.1 Å². The second-order valence-corrected chi connectivity index (χ2v) is 8.95. The predicted molar refractivity (Wildman–Crippen MR) is 124 cm³/mol. The molecular weight excluding hydrogens is 410 g/mol. The van der Waals surface area contributed by atoms with Crippen LogP contribution in [0.1, 0.15) is 38.0 Å². The summed E-state index contributed by atoms with van der Waals surface area (Å²) in [5.41, 5.74) is 2.06. The number of furan rings is 1. The number of aryl methyl sites for hydroxylation is 1. The van der Waals surface area contributed by atoms with Crippen molar-refractivity contribution in [3.63, 3.8) is 0 Å². The lowest BCUT2D eigenvalue weighted by atomic mass is 10.00. The molecule has 1 saturated heterocycles. The molecule has 164 valence electrons. The van der Waals surface area contributed by atoms with Gasteiger partial charge in [-0.2, -0.15) is 0 Å². The normalized spacial score (nSPS) is 14.7. The minimum absolute atomic E-state index is 0.0601. The Labute approximate surface area is 187 Å². The molecule has 3 heterocycles. The minimum atomic E-state index is -0.0601. The van der Waals surface area contributed by atoms with Crippen LogP contribution < -0.4 is 10.2 Å². The quantitative estimate of drug-likeness (QED) is 0.523. The molecule has 0 aliphatic carbocycles. The number of carbonyl (C=O) groups excluding carboxylic acids is 1. The molecule has 1 aliphatic heterocycles. The van der Waals surface area contributed by atoms with Crippen molar-refractivity contribution in [1.82, 2.24) is 14.8 Å². The molecular formula is C23H29N5O2S. The van der Waals surface area contributed by atoms with Crippen molar-refractivity contribution in [3.05, 3.63) is 54.0 Å². The van der Waals surface area contributed by atoms with Crippen molar-refractivity contribution in [2.24, 2.45) is 5.92 Å². The van der Waals surface area contributed by atoms with Gasteiger partial charge in [0.2, 0.25) is 11.9 Å². The highest BCUT2D eigenvalue weighted by atomic mass is 32.2. The van der Waals surface area contributed by atoms with Gasteiger partial charge in [0.05, 0.1) is 18.6 Å². The fourth-order valence-electron chi connectivity index (χ4n) is 3.68. The first-order valence-corrected chi connectivity index (χ1v) is 11.8. The van der Waals surface area contributed by atoms with Gasteiger partial charge in [-0.05, 0) is 55.0 Å². The third-order valence-corrected chi connectivity index (χ3v) is 6.60. The Hall–Kier alpha value is -2.74. The molecule has 0 spiro atoms. The molecule has 1 fully saturated rings. The van der Waals surface area contributed by atoms with E-state index in [1.54, 1.807) is 6.26 Å². The SMILES string of the molecule is CCc1ccc(NC(=O)CSc2nnc(N3CCC(C)CC3)n2Cc2ccco2)cc1. The smallest absolute Gasteiger partial charge is 0.234 e. The fraction of sp³-hybridized carbons (Fsp3) is 0.435. The van der Waals surface area contributed by atoms with Gasteiger partial charge in [-0.15, -0.1) is 10.2 Å². The molecule has 7 nitrogen and oxygen atoms in total. The topological polar surface area (TPSA) is 76.2 Å². The van der Waals surface area contributed by atoms with Gasteiger partial charge in [0, 0.05) is 18.8 Å². The van der Waals surface area contributed by atoms with E-state index in [4.69, 9.17) is 4.42 Å². The summed E-state index contributed by atoms with van der Waals surface area (Å²) < 4.78 is 7.62. The van der Waals surface area contributed by atoms with E-state index in [9.17, 15) is 4.79 Å². The zero-order valence-electron chi connectivity index (χ0n) is 18.1. The van der Waals surface area contributed by atoms with Crippen LogP contribution >= 0.6 is 11.8 Å². The van der Waals surface area contributed by atoms with Crippen LogP contribution in [0.3, 0.4) is 0 Å². The highest BCUT2D eigenvalue weighted by molar-refractivity contribution is 7.99. The summed E-state index contributed by atoms with van der Waals surface area (Å²) in [7, 11) is 0. The van der Waals surface area contributed by atoms with E-state index in [1.807, 2.05) is 36.4 Å². The molecule has 4 rings (SSSR count). The summed E-state index contributed by atoms with van der Waals surface area (Å²) in [5.74, 6) is 2.63. The number of amides is 1. The average molecular weight is 440 g/mol. The summed E-state index contributed by atoms with van der Waals surface area (Å²) >= 11 is 1.40. The molecule has 0 saturated carbocycles. The van der Waals surface area contributed by atoms with Crippen molar-refractivity contribution >= 4 is 29.3 Å².